The zero-order chi connectivity index (χ0) is 26.4. The molecule has 4 nitrogen and oxygen atoms in total. The number of unbranched alkanes of at least 4 members (excludes halogenated alkanes) is 12. The van der Waals surface area contributed by atoms with E-state index in [1.165, 1.54) is 140 Å². The Labute approximate surface area is 225 Å². The van der Waals surface area contributed by atoms with Gasteiger partial charge in [0, 0.05) is 24.5 Å². The summed E-state index contributed by atoms with van der Waals surface area (Å²) in [6.45, 7) is 15.7. The molecule has 4 heteroatoms. The van der Waals surface area contributed by atoms with E-state index in [1.807, 2.05) is 6.07 Å². The SMILES string of the molecule is CCCCCCN(CCCCCC)Cc1cc(CN(CCCCCC)CCCCCC)c(N)cc1N. The van der Waals surface area contributed by atoms with Gasteiger partial charge in [-0.25, -0.2) is 0 Å². The minimum absolute atomic E-state index is 0.862. The summed E-state index contributed by atoms with van der Waals surface area (Å²) in [5, 5.41) is 0. The van der Waals surface area contributed by atoms with Gasteiger partial charge in [-0.3, -0.25) is 9.80 Å². The van der Waals surface area contributed by atoms with Gasteiger partial charge in [-0.15, -0.1) is 0 Å². The summed E-state index contributed by atoms with van der Waals surface area (Å²) in [4.78, 5) is 5.29. The number of benzene rings is 1. The summed E-state index contributed by atoms with van der Waals surface area (Å²) in [5.74, 6) is 0. The van der Waals surface area contributed by atoms with Crippen molar-refractivity contribution in [3.05, 3.63) is 23.3 Å². The van der Waals surface area contributed by atoms with Crippen LogP contribution in [0.2, 0.25) is 0 Å². The van der Waals surface area contributed by atoms with E-state index in [1.54, 1.807) is 0 Å². The molecule has 0 saturated heterocycles. The molecule has 0 amide bonds. The van der Waals surface area contributed by atoms with Crippen LogP contribution in [0.3, 0.4) is 0 Å². The lowest BCUT2D eigenvalue weighted by molar-refractivity contribution is 0.249. The first-order valence-electron chi connectivity index (χ1n) is 15.7. The molecule has 0 aliphatic heterocycles. The number of anilines is 2. The van der Waals surface area contributed by atoms with Crippen molar-refractivity contribution >= 4 is 11.4 Å². The molecule has 210 valence electrons. The third-order valence-electron chi connectivity index (χ3n) is 7.50. The molecule has 1 rings (SSSR count). The Kier molecular flexibility index (Phi) is 19.8. The Bertz CT molecular complexity index is 570. The predicted octanol–water partition coefficient (Wildman–Crippen LogP) is 8.78. The van der Waals surface area contributed by atoms with E-state index in [0.29, 0.717) is 0 Å². The maximum Gasteiger partial charge on any atom is 0.0380 e. The third-order valence-corrected chi connectivity index (χ3v) is 7.50. The Hall–Kier alpha value is -1.26. The Balaban J connectivity index is 2.89. The van der Waals surface area contributed by atoms with Crippen LogP contribution >= 0.6 is 0 Å². The maximum atomic E-state index is 6.53. The second-order valence-electron chi connectivity index (χ2n) is 11.0. The molecule has 0 heterocycles. The fourth-order valence-electron chi connectivity index (χ4n) is 5.07. The van der Waals surface area contributed by atoms with Crippen LogP contribution in [0.5, 0.6) is 0 Å². The number of nitrogen functional groups attached to an aromatic ring is 2. The Morgan fingerprint density at radius 1 is 0.444 bits per heavy atom. The molecule has 0 fully saturated rings. The van der Waals surface area contributed by atoms with Gasteiger partial charge in [0.25, 0.3) is 0 Å². The summed E-state index contributed by atoms with van der Waals surface area (Å²) >= 11 is 0. The highest BCUT2D eigenvalue weighted by Crippen LogP contribution is 2.25. The second kappa shape index (κ2) is 21.8. The topological polar surface area (TPSA) is 58.5 Å². The fraction of sp³-hybridized carbons (Fsp3) is 0.812. The summed E-state index contributed by atoms with van der Waals surface area (Å²) in [6, 6.07) is 4.37. The van der Waals surface area contributed by atoms with E-state index in [9.17, 15) is 0 Å². The first-order chi connectivity index (χ1) is 17.5. The smallest absolute Gasteiger partial charge is 0.0380 e. The van der Waals surface area contributed by atoms with E-state index in [0.717, 1.165) is 24.5 Å². The minimum Gasteiger partial charge on any atom is -0.398 e. The lowest BCUT2D eigenvalue weighted by Crippen LogP contribution is -2.28. The molecule has 0 spiro atoms. The van der Waals surface area contributed by atoms with E-state index < -0.39 is 0 Å². The van der Waals surface area contributed by atoms with Crippen molar-refractivity contribution in [2.24, 2.45) is 0 Å². The van der Waals surface area contributed by atoms with Crippen LogP contribution in [0.15, 0.2) is 12.1 Å². The highest BCUT2D eigenvalue weighted by atomic mass is 15.1. The molecule has 0 aromatic heterocycles. The fourth-order valence-corrected chi connectivity index (χ4v) is 5.07. The van der Waals surface area contributed by atoms with Crippen molar-refractivity contribution in [2.75, 3.05) is 37.6 Å². The van der Waals surface area contributed by atoms with Gasteiger partial charge in [-0.05, 0) is 75.1 Å². The average molecular weight is 503 g/mol. The predicted molar refractivity (Wildman–Crippen MR) is 162 cm³/mol. The normalized spacial score (nSPS) is 11.7. The first kappa shape index (κ1) is 32.8. The monoisotopic (exact) mass is 502 g/mol. The maximum absolute atomic E-state index is 6.53. The number of rotatable bonds is 24. The highest BCUT2D eigenvalue weighted by Gasteiger charge is 2.14. The molecular formula is C32H62N4. The van der Waals surface area contributed by atoms with Crippen LogP contribution in [0, 0.1) is 0 Å². The molecule has 4 N–H and O–H groups in total. The van der Waals surface area contributed by atoms with Crippen molar-refractivity contribution in [1.29, 1.82) is 0 Å². The van der Waals surface area contributed by atoms with Crippen LogP contribution in [0.25, 0.3) is 0 Å². The Morgan fingerprint density at radius 3 is 1.03 bits per heavy atom. The van der Waals surface area contributed by atoms with Gasteiger partial charge < -0.3 is 11.5 Å². The average Bonchev–Trinajstić information content (AvgIpc) is 2.87. The molecule has 1 aromatic carbocycles. The summed E-state index contributed by atoms with van der Waals surface area (Å²) in [6.07, 6.45) is 21.0. The van der Waals surface area contributed by atoms with Gasteiger partial charge in [0.1, 0.15) is 0 Å². The number of hydrogen-bond donors (Lipinski definition) is 2. The molecule has 0 aliphatic carbocycles. The minimum atomic E-state index is 0.862. The van der Waals surface area contributed by atoms with Crippen molar-refractivity contribution in [1.82, 2.24) is 9.80 Å². The lowest BCUT2D eigenvalue weighted by Gasteiger charge is -2.26. The number of nitrogens with zero attached hydrogens (tertiary/aromatic N) is 2. The molecule has 36 heavy (non-hydrogen) atoms. The quantitative estimate of drug-likeness (QED) is 0.109. The van der Waals surface area contributed by atoms with Crippen molar-refractivity contribution < 1.29 is 0 Å². The zero-order valence-corrected chi connectivity index (χ0v) is 24.8. The molecular weight excluding hydrogens is 440 g/mol. The third kappa shape index (κ3) is 15.1. The van der Waals surface area contributed by atoms with Gasteiger partial charge in [0.15, 0.2) is 0 Å². The van der Waals surface area contributed by atoms with E-state index in [4.69, 9.17) is 11.5 Å². The van der Waals surface area contributed by atoms with Crippen molar-refractivity contribution in [3.63, 3.8) is 0 Å². The first-order valence-corrected chi connectivity index (χ1v) is 15.7. The van der Waals surface area contributed by atoms with Crippen LogP contribution in [0.4, 0.5) is 11.4 Å². The van der Waals surface area contributed by atoms with Gasteiger partial charge >= 0.3 is 0 Å². The Morgan fingerprint density at radius 2 is 0.750 bits per heavy atom. The second-order valence-corrected chi connectivity index (χ2v) is 11.0. The van der Waals surface area contributed by atoms with Gasteiger partial charge in [-0.2, -0.15) is 0 Å². The molecule has 0 aliphatic rings. The van der Waals surface area contributed by atoms with Crippen LogP contribution in [-0.4, -0.2) is 36.0 Å². The molecule has 0 atom stereocenters. The molecule has 0 unspecified atom stereocenters. The van der Waals surface area contributed by atoms with Gasteiger partial charge in [0.2, 0.25) is 0 Å². The zero-order valence-electron chi connectivity index (χ0n) is 24.8. The van der Waals surface area contributed by atoms with E-state index in [-0.39, 0.29) is 0 Å². The molecule has 0 radical (unpaired) electrons. The number of hydrogen-bond acceptors (Lipinski definition) is 4. The standard InChI is InChI=1S/C32H62N4/c1-5-9-13-17-21-35(22-18-14-10-6-2)27-29-25-30(32(34)26-31(29)33)28-36(23-19-15-11-7-3)24-20-16-12-8-4/h25-26H,5-24,27-28,33-34H2,1-4H3. The summed E-state index contributed by atoms with van der Waals surface area (Å²) in [5.41, 5.74) is 17.3. The number of nitrogens with two attached hydrogens (primary N) is 2. The van der Waals surface area contributed by atoms with Gasteiger partial charge in [0.05, 0.1) is 0 Å². The highest BCUT2D eigenvalue weighted by molar-refractivity contribution is 5.61. The molecule has 0 saturated carbocycles. The largest absolute Gasteiger partial charge is 0.398 e. The van der Waals surface area contributed by atoms with E-state index >= 15 is 0 Å². The lowest BCUT2D eigenvalue weighted by atomic mass is 10.0. The molecule has 1 aromatic rings. The summed E-state index contributed by atoms with van der Waals surface area (Å²) in [7, 11) is 0. The van der Waals surface area contributed by atoms with Crippen LogP contribution < -0.4 is 11.5 Å². The van der Waals surface area contributed by atoms with Crippen molar-refractivity contribution in [3.8, 4) is 0 Å². The summed E-state index contributed by atoms with van der Waals surface area (Å²) < 4.78 is 0. The van der Waals surface area contributed by atoms with E-state index in [2.05, 4.69) is 43.6 Å². The van der Waals surface area contributed by atoms with Crippen molar-refractivity contribution in [2.45, 2.75) is 144 Å². The van der Waals surface area contributed by atoms with Crippen LogP contribution in [0.1, 0.15) is 142 Å². The molecule has 0 bridgehead atoms. The van der Waals surface area contributed by atoms with Gasteiger partial charge in [-0.1, -0.05) is 105 Å². The van der Waals surface area contributed by atoms with Crippen LogP contribution in [-0.2, 0) is 13.1 Å².